The average molecular weight is 387 g/mol. The Balaban J connectivity index is 1.52. The first kappa shape index (κ1) is 18.6. The summed E-state index contributed by atoms with van der Waals surface area (Å²) in [6.07, 6.45) is 2.41. The summed E-state index contributed by atoms with van der Waals surface area (Å²) in [6, 6.07) is 19.4. The van der Waals surface area contributed by atoms with E-state index < -0.39 is 0 Å². The van der Waals surface area contributed by atoms with Gasteiger partial charge in [0.05, 0.1) is 5.69 Å². The number of fused-ring (bicyclic) bond motifs is 1. The van der Waals surface area contributed by atoms with Crippen molar-refractivity contribution in [2.75, 3.05) is 0 Å². The van der Waals surface area contributed by atoms with E-state index in [4.69, 9.17) is 0 Å². The standard InChI is InChI=1S/C22H21N5O2/c1-2-16-8-10-18(11-9-16)19-12-20-22(29)26(24-15-27(20)25-19)14-21(28)23-13-17-6-4-3-5-7-17/h3-12,15H,2,13-14H2,1H3,(H,23,28). The molecule has 0 atom stereocenters. The van der Waals surface area contributed by atoms with E-state index in [1.807, 2.05) is 54.6 Å². The third-order valence-electron chi connectivity index (χ3n) is 4.77. The van der Waals surface area contributed by atoms with E-state index in [9.17, 15) is 9.59 Å². The molecule has 0 radical (unpaired) electrons. The number of amides is 1. The van der Waals surface area contributed by atoms with Gasteiger partial charge in [0.15, 0.2) is 0 Å². The van der Waals surface area contributed by atoms with Crippen molar-refractivity contribution in [2.45, 2.75) is 26.4 Å². The van der Waals surface area contributed by atoms with Crippen LogP contribution in [0.3, 0.4) is 0 Å². The van der Waals surface area contributed by atoms with Gasteiger partial charge in [0.2, 0.25) is 5.91 Å². The van der Waals surface area contributed by atoms with Crippen LogP contribution in [-0.2, 0) is 24.3 Å². The van der Waals surface area contributed by atoms with Crippen molar-refractivity contribution >= 4 is 11.4 Å². The highest BCUT2D eigenvalue weighted by atomic mass is 16.2. The lowest BCUT2D eigenvalue weighted by Gasteiger charge is -2.06. The molecule has 2 aromatic carbocycles. The normalized spacial score (nSPS) is 10.9. The summed E-state index contributed by atoms with van der Waals surface area (Å²) < 4.78 is 2.60. The zero-order valence-electron chi connectivity index (χ0n) is 16.1. The molecule has 0 unspecified atom stereocenters. The zero-order chi connectivity index (χ0) is 20.2. The molecule has 0 aliphatic heterocycles. The summed E-state index contributed by atoms with van der Waals surface area (Å²) in [5.41, 5.74) is 3.88. The van der Waals surface area contributed by atoms with Crippen LogP contribution in [0.4, 0.5) is 0 Å². The van der Waals surface area contributed by atoms with E-state index in [1.54, 1.807) is 6.07 Å². The fourth-order valence-corrected chi connectivity index (χ4v) is 3.09. The summed E-state index contributed by atoms with van der Waals surface area (Å²) in [6.45, 7) is 2.36. The number of aromatic nitrogens is 4. The minimum atomic E-state index is -0.355. The number of nitrogens with zero attached hydrogens (tertiary/aromatic N) is 4. The third-order valence-corrected chi connectivity index (χ3v) is 4.77. The van der Waals surface area contributed by atoms with Gasteiger partial charge in [-0.15, -0.1) is 0 Å². The molecule has 7 nitrogen and oxygen atoms in total. The van der Waals surface area contributed by atoms with E-state index in [0.717, 1.165) is 22.2 Å². The number of carbonyl (C=O) groups is 1. The van der Waals surface area contributed by atoms with Crippen LogP contribution in [0, 0.1) is 0 Å². The Morgan fingerprint density at radius 2 is 1.79 bits per heavy atom. The molecule has 1 N–H and O–H groups in total. The van der Waals surface area contributed by atoms with Gasteiger partial charge in [0, 0.05) is 12.1 Å². The van der Waals surface area contributed by atoms with Gasteiger partial charge in [-0.25, -0.2) is 9.20 Å². The Bertz CT molecular complexity index is 1190. The largest absolute Gasteiger partial charge is 0.350 e. The van der Waals surface area contributed by atoms with Crippen LogP contribution in [-0.4, -0.2) is 25.3 Å². The van der Waals surface area contributed by atoms with Crippen LogP contribution >= 0.6 is 0 Å². The molecule has 146 valence electrons. The van der Waals surface area contributed by atoms with Gasteiger partial charge in [-0.05, 0) is 23.6 Å². The molecule has 2 heterocycles. The van der Waals surface area contributed by atoms with Crippen LogP contribution in [0.1, 0.15) is 18.1 Å². The van der Waals surface area contributed by atoms with Crippen molar-refractivity contribution in [1.82, 2.24) is 24.7 Å². The van der Waals surface area contributed by atoms with Crippen molar-refractivity contribution in [3.63, 3.8) is 0 Å². The predicted octanol–water partition coefficient (Wildman–Crippen LogP) is 2.44. The van der Waals surface area contributed by atoms with Gasteiger partial charge in [0.25, 0.3) is 5.56 Å². The number of hydrogen-bond acceptors (Lipinski definition) is 4. The predicted molar refractivity (Wildman–Crippen MR) is 110 cm³/mol. The Morgan fingerprint density at radius 3 is 2.52 bits per heavy atom. The Hall–Kier alpha value is -3.74. The maximum atomic E-state index is 12.7. The number of hydrogen-bond donors (Lipinski definition) is 1. The minimum Gasteiger partial charge on any atom is -0.350 e. The summed E-state index contributed by atoms with van der Waals surface area (Å²) >= 11 is 0. The second-order valence-electron chi connectivity index (χ2n) is 6.77. The molecule has 7 heteroatoms. The van der Waals surface area contributed by atoms with Crippen molar-refractivity contribution in [1.29, 1.82) is 0 Å². The molecule has 0 aliphatic rings. The number of rotatable bonds is 6. The van der Waals surface area contributed by atoms with Crippen molar-refractivity contribution in [2.24, 2.45) is 0 Å². The zero-order valence-corrected chi connectivity index (χ0v) is 16.1. The number of carbonyl (C=O) groups excluding carboxylic acids is 1. The summed E-state index contributed by atoms with van der Waals surface area (Å²) in [5, 5.41) is 11.3. The first-order chi connectivity index (χ1) is 14.1. The number of nitrogens with one attached hydrogen (secondary N) is 1. The number of aryl methyl sites for hydroxylation is 1. The first-order valence-electron chi connectivity index (χ1n) is 9.49. The van der Waals surface area contributed by atoms with E-state index in [2.05, 4.69) is 22.4 Å². The molecule has 0 saturated heterocycles. The van der Waals surface area contributed by atoms with Crippen molar-refractivity contribution in [3.8, 4) is 11.3 Å². The first-order valence-corrected chi connectivity index (χ1v) is 9.49. The molecule has 0 aliphatic carbocycles. The smallest absolute Gasteiger partial charge is 0.293 e. The highest BCUT2D eigenvalue weighted by Gasteiger charge is 2.12. The average Bonchev–Trinajstić information content (AvgIpc) is 3.20. The summed E-state index contributed by atoms with van der Waals surface area (Å²) in [4.78, 5) is 25.0. The maximum absolute atomic E-state index is 12.7. The second kappa shape index (κ2) is 8.10. The van der Waals surface area contributed by atoms with E-state index in [-0.39, 0.29) is 18.0 Å². The molecule has 0 spiro atoms. The molecule has 2 aromatic heterocycles. The molecule has 4 rings (SSSR count). The lowest BCUT2D eigenvalue weighted by atomic mass is 10.1. The topological polar surface area (TPSA) is 81.3 Å². The SMILES string of the molecule is CCc1ccc(-c2cc3c(=O)n(CC(=O)NCc4ccccc4)ncn3n2)cc1. The quantitative estimate of drug-likeness (QED) is 0.551. The fourth-order valence-electron chi connectivity index (χ4n) is 3.09. The van der Waals surface area contributed by atoms with Crippen molar-refractivity contribution < 1.29 is 4.79 Å². The molecule has 29 heavy (non-hydrogen) atoms. The molecule has 1 amide bonds. The van der Waals surface area contributed by atoms with Crippen LogP contribution in [0.2, 0.25) is 0 Å². The Labute approximate surface area is 167 Å². The van der Waals surface area contributed by atoms with Crippen LogP contribution < -0.4 is 10.9 Å². The van der Waals surface area contributed by atoms with Crippen molar-refractivity contribution in [3.05, 3.63) is 88.5 Å². The molecular formula is C22H21N5O2. The number of benzene rings is 2. The molecular weight excluding hydrogens is 366 g/mol. The molecule has 0 fully saturated rings. The summed E-state index contributed by atoms with van der Waals surface area (Å²) in [5.74, 6) is -0.275. The van der Waals surface area contributed by atoms with Crippen LogP contribution in [0.15, 0.2) is 71.8 Å². The Kier molecular flexibility index (Phi) is 5.20. The van der Waals surface area contributed by atoms with E-state index in [0.29, 0.717) is 17.8 Å². The van der Waals surface area contributed by atoms with Crippen LogP contribution in [0.5, 0.6) is 0 Å². The Morgan fingerprint density at radius 1 is 1.03 bits per heavy atom. The summed E-state index contributed by atoms with van der Waals surface area (Å²) in [7, 11) is 0. The molecule has 0 saturated carbocycles. The second-order valence-corrected chi connectivity index (χ2v) is 6.77. The van der Waals surface area contributed by atoms with Gasteiger partial charge in [-0.2, -0.15) is 10.2 Å². The lowest BCUT2D eigenvalue weighted by Crippen LogP contribution is -2.34. The van der Waals surface area contributed by atoms with Gasteiger partial charge in [-0.1, -0.05) is 61.5 Å². The van der Waals surface area contributed by atoms with Gasteiger partial charge >= 0.3 is 0 Å². The fraction of sp³-hybridized carbons (Fsp3) is 0.182. The highest BCUT2D eigenvalue weighted by molar-refractivity contribution is 5.75. The van der Waals surface area contributed by atoms with Crippen LogP contribution in [0.25, 0.3) is 16.8 Å². The highest BCUT2D eigenvalue weighted by Crippen LogP contribution is 2.19. The van der Waals surface area contributed by atoms with E-state index in [1.165, 1.54) is 16.4 Å². The van der Waals surface area contributed by atoms with E-state index >= 15 is 0 Å². The van der Waals surface area contributed by atoms with Gasteiger partial charge < -0.3 is 5.32 Å². The minimum absolute atomic E-state index is 0.145. The monoisotopic (exact) mass is 387 g/mol. The lowest BCUT2D eigenvalue weighted by molar-refractivity contribution is -0.122. The molecule has 0 bridgehead atoms. The third kappa shape index (κ3) is 4.08. The van der Waals surface area contributed by atoms with Gasteiger partial charge in [0.1, 0.15) is 18.4 Å². The molecule has 4 aromatic rings. The van der Waals surface area contributed by atoms with Gasteiger partial charge in [-0.3, -0.25) is 9.59 Å². The maximum Gasteiger partial charge on any atom is 0.293 e.